The van der Waals surface area contributed by atoms with E-state index in [4.69, 9.17) is 27.9 Å². The van der Waals surface area contributed by atoms with Crippen LogP contribution in [0.1, 0.15) is 6.42 Å². The average Bonchev–Trinajstić information content (AvgIpc) is 3.29. The van der Waals surface area contributed by atoms with Crippen LogP contribution in [-0.2, 0) is 0 Å². The average molecular weight is 482 g/mol. The Balaban J connectivity index is 1.06. The van der Waals surface area contributed by atoms with Gasteiger partial charge in [-0.1, -0.05) is 29.3 Å². The minimum Gasteiger partial charge on any atom is -0.494 e. The topological polar surface area (TPSA) is 57.3 Å². The number of imidazole rings is 1. The van der Waals surface area contributed by atoms with Gasteiger partial charge in [0.1, 0.15) is 17.1 Å². The minimum atomic E-state index is 0.608. The summed E-state index contributed by atoms with van der Waals surface area (Å²) in [5, 5.41) is 1.25. The SMILES string of the molecule is Clc1cccc(N2CCN(CCCOc3ccc(-c4nc5cccnc5[nH]4)cc3)CC2)c1Cl. The molecule has 2 aromatic carbocycles. The molecule has 8 heteroatoms. The number of nitrogens with zero attached hydrogens (tertiary/aromatic N) is 4. The van der Waals surface area contributed by atoms with Crippen LogP contribution in [0.2, 0.25) is 10.0 Å². The second-order valence-corrected chi connectivity index (χ2v) is 8.87. The van der Waals surface area contributed by atoms with Crippen molar-refractivity contribution in [2.24, 2.45) is 0 Å². The molecule has 1 fully saturated rings. The van der Waals surface area contributed by atoms with Gasteiger partial charge in [-0.3, -0.25) is 4.90 Å². The van der Waals surface area contributed by atoms with Crippen molar-refractivity contribution in [2.75, 3.05) is 44.2 Å². The van der Waals surface area contributed by atoms with Gasteiger partial charge < -0.3 is 14.6 Å². The quantitative estimate of drug-likeness (QED) is 0.352. The second kappa shape index (κ2) is 10.00. The highest BCUT2D eigenvalue weighted by molar-refractivity contribution is 6.43. The number of fused-ring (bicyclic) bond motifs is 1. The van der Waals surface area contributed by atoms with Crippen LogP contribution in [0.3, 0.4) is 0 Å². The minimum absolute atomic E-state index is 0.608. The molecule has 2 aromatic heterocycles. The van der Waals surface area contributed by atoms with Crippen molar-refractivity contribution in [1.82, 2.24) is 19.9 Å². The Hall–Kier alpha value is -2.80. The summed E-state index contributed by atoms with van der Waals surface area (Å²) in [4.78, 5) is 16.9. The van der Waals surface area contributed by atoms with Crippen LogP contribution in [0.5, 0.6) is 5.75 Å². The number of pyridine rings is 1. The smallest absolute Gasteiger partial charge is 0.157 e. The van der Waals surface area contributed by atoms with E-state index >= 15 is 0 Å². The van der Waals surface area contributed by atoms with Gasteiger partial charge in [-0.05, 0) is 55.0 Å². The number of hydrogen-bond acceptors (Lipinski definition) is 5. The van der Waals surface area contributed by atoms with E-state index in [0.717, 1.165) is 73.1 Å². The monoisotopic (exact) mass is 481 g/mol. The van der Waals surface area contributed by atoms with Gasteiger partial charge in [-0.25, -0.2) is 9.97 Å². The molecule has 0 unspecified atom stereocenters. The molecule has 0 saturated carbocycles. The number of ether oxygens (including phenoxy) is 1. The molecule has 33 heavy (non-hydrogen) atoms. The molecule has 5 rings (SSSR count). The lowest BCUT2D eigenvalue weighted by Crippen LogP contribution is -2.46. The number of anilines is 1. The lowest BCUT2D eigenvalue weighted by atomic mass is 10.2. The zero-order valence-electron chi connectivity index (χ0n) is 18.2. The van der Waals surface area contributed by atoms with E-state index in [1.165, 1.54) is 0 Å². The number of H-pyrrole nitrogens is 1. The number of piperazine rings is 1. The lowest BCUT2D eigenvalue weighted by molar-refractivity contribution is 0.225. The Kier molecular flexibility index (Phi) is 6.67. The zero-order valence-corrected chi connectivity index (χ0v) is 19.7. The van der Waals surface area contributed by atoms with E-state index in [2.05, 4.69) is 24.8 Å². The van der Waals surface area contributed by atoms with Crippen LogP contribution in [0.15, 0.2) is 60.8 Å². The largest absolute Gasteiger partial charge is 0.494 e. The van der Waals surface area contributed by atoms with E-state index < -0.39 is 0 Å². The highest BCUT2D eigenvalue weighted by Gasteiger charge is 2.19. The normalized spacial score (nSPS) is 14.7. The molecule has 0 amide bonds. The van der Waals surface area contributed by atoms with Crippen molar-refractivity contribution in [3.8, 4) is 17.1 Å². The summed E-state index contributed by atoms with van der Waals surface area (Å²) in [6.07, 6.45) is 2.74. The summed E-state index contributed by atoms with van der Waals surface area (Å²) in [5.41, 5.74) is 3.70. The molecule has 0 spiro atoms. The van der Waals surface area contributed by atoms with E-state index in [0.29, 0.717) is 16.7 Å². The van der Waals surface area contributed by atoms with Gasteiger partial charge in [-0.2, -0.15) is 0 Å². The summed E-state index contributed by atoms with van der Waals surface area (Å²) in [7, 11) is 0. The van der Waals surface area contributed by atoms with Crippen LogP contribution >= 0.6 is 23.2 Å². The van der Waals surface area contributed by atoms with Gasteiger partial charge in [0.2, 0.25) is 0 Å². The van der Waals surface area contributed by atoms with E-state index in [1.807, 2.05) is 54.6 Å². The van der Waals surface area contributed by atoms with E-state index in [1.54, 1.807) is 6.20 Å². The molecular formula is C25H25Cl2N5O. The number of nitrogens with one attached hydrogen (secondary N) is 1. The highest BCUT2D eigenvalue weighted by Crippen LogP contribution is 2.32. The second-order valence-electron chi connectivity index (χ2n) is 8.08. The fourth-order valence-corrected chi connectivity index (χ4v) is 4.53. The number of aromatic nitrogens is 3. The molecular weight excluding hydrogens is 457 g/mol. The van der Waals surface area contributed by atoms with Crippen molar-refractivity contribution < 1.29 is 4.74 Å². The number of hydrogen-bond donors (Lipinski definition) is 1. The van der Waals surface area contributed by atoms with Gasteiger partial charge >= 0.3 is 0 Å². The molecule has 0 atom stereocenters. The summed E-state index contributed by atoms with van der Waals surface area (Å²) in [6, 6.07) is 17.7. The standard InChI is InChI=1S/C25H25Cl2N5O/c26-20-4-1-6-22(23(20)27)32-15-13-31(14-16-32)12-3-17-33-19-9-7-18(8-10-19)24-29-21-5-2-11-28-25(21)30-24/h1-2,4-11H,3,12-17H2,(H,28,29,30). The summed E-state index contributed by atoms with van der Waals surface area (Å²) in [6.45, 7) is 5.60. The number of benzene rings is 2. The van der Waals surface area contributed by atoms with Crippen LogP contribution < -0.4 is 9.64 Å². The van der Waals surface area contributed by atoms with Crippen LogP contribution in [0, 0.1) is 0 Å². The van der Waals surface area contributed by atoms with Gasteiger partial charge in [0.15, 0.2) is 5.65 Å². The third kappa shape index (κ3) is 5.08. The van der Waals surface area contributed by atoms with Crippen molar-refractivity contribution >= 4 is 40.1 Å². The molecule has 1 aliphatic rings. The molecule has 3 heterocycles. The van der Waals surface area contributed by atoms with Gasteiger partial charge in [0.25, 0.3) is 0 Å². The maximum atomic E-state index is 6.37. The van der Waals surface area contributed by atoms with E-state index in [-0.39, 0.29) is 0 Å². The molecule has 0 radical (unpaired) electrons. The Morgan fingerprint density at radius 3 is 2.55 bits per heavy atom. The van der Waals surface area contributed by atoms with Crippen LogP contribution in [0.4, 0.5) is 5.69 Å². The fraction of sp³-hybridized carbons (Fsp3) is 0.280. The third-order valence-electron chi connectivity index (χ3n) is 5.91. The van der Waals surface area contributed by atoms with Crippen molar-refractivity contribution in [1.29, 1.82) is 0 Å². The molecule has 6 nitrogen and oxygen atoms in total. The predicted octanol–water partition coefficient (Wildman–Crippen LogP) is 5.52. The summed E-state index contributed by atoms with van der Waals surface area (Å²) in [5.74, 6) is 1.68. The predicted molar refractivity (Wildman–Crippen MR) is 135 cm³/mol. The third-order valence-corrected chi connectivity index (χ3v) is 6.72. The number of aromatic amines is 1. The van der Waals surface area contributed by atoms with Crippen LogP contribution in [-0.4, -0.2) is 59.2 Å². The van der Waals surface area contributed by atoms with Crippen LogP contribution in [0.25, 0.3) is 22.6 Å². The first-order valence-corrected chi connectivity index (χ1v) is 11.9. The molecule has 170 valence electrons. The number of halogens is 2. The molecule has 1 saturated heterocycles. The first kappa shape index (κ1) is 22.0. The maximum Gasteiger partial charge on any atom is 0.157 e. The summed E-state index contributed by atoms with van der Waals surface area (Å²) >= 11 is 12.5. The Morgan fingerprint density at radius 2 is 1.76 bits per heavy atom. The maximum absolute atomic E-state index is 6.37. The summed E-state index contributed by atoms with van der Waals surface area (Å²) < 4.78 is 5.95. The lowest BCUT2D eigenvalue weighted by Gasteiger charge is -2.36. The fourth-order valence-electron chi connectivity index (χ4n) is 4.12. The first-order valence-electron chi connectivity index (χ1n) is 11.1. The molecule has 1 aliphatic heterocycles. The molecule has 1 N–H and O–H groups in total. The molecule has 0 bridgehead atoms. The van der Waals surface area contributed by atoms with Gasteiger partial charge in [0, 0.05) is 44.5 Å². The van der Waals surface area contributed by atoms with Crippen molar-refractivity contribution in [3.63, 3.8) is 0 Å². The van der Waals surface area contributed by atoms with E-state index in [9.17, 15) is 0 Å². The highest BCUT2D eigenvalue weighted by atomic mass is 35.5. The van der Waals surface area contributed by atoms with Crippen molar-refractivity contribution in [2.45, 2.75) is 6.42 Å². The molecule has 0 aliphatic carbocycles. The van der Waals surface area contributed by atoms with Gasteiger partial charge in [-0.15, -0.1) is 0 Å². The van der Waals surface area contributed by atoms with Gasteiger partial charge in [0.05, 0.1) is 22.3 Å². The zero-order chi connectivity index (χ0) is 22.6. The first-order chi connectivity index (χ1) is 16.2. The van der Waals surface area contributed by atoms with Crippen molar-refractivity contribution in [3.05, 3.63) is 70.8 Å². The molecule has 4 aromatic rings. The number of rotatable bonds is 7. The Labute approximate surface area is 203 Å². The Bertz CT molecular complexity index is 1190. The Morgan fingerprint density at radius 1 is 0.939 bits per heavy atom.